The Morgan fingerprint density at radius 3 is 2.04 bits per heavy atom. The molecule has 0 aliphatic carbocycles. The van der Waals surface area contributed by atoms with Crippen LogP contribution in [0.3, 0.4) is 0 Å². The fourth-order valence-electron chi connectivity index (χ4n) is 4.14. The molecule has 2 heterocycles. The van der Waals surface area contributed by atoms with Gasteiger partial charge >= 0.3 is 0 Å². The normalized spacial score (nSPS) is 11.8. The lowest BCUT2D eigenvalue weighted by molar-refractivity contribution is 1.18. The Bertz CT molecular complexity index is 1420. The highest BCUT2D eigenvalue weighted by Crippen LogP contribution is 2.42. The van der Waals surface area contributed by atoms with E-state index in [0.717, 1.165) is 0 Å². The summed E-state index contributed by atoms with van der Waals surface area (Å²) in [5, 5.41) is 5.38. The largest absolute Gasteiger partial charge is 0.309 e. The molecule has 0 saturated heterocycles. The average molecular weight is 349 g/mol. The molecule has 0 unspecified atom stereocenters. The first-order valence-corrected chi connectivity index (χ1v) is 9.62. The molecule has 6 rings (SSSR count). The van der Waals surface area contributed by atoms with E-state index in [9.17, 15) is 0 Å². The molecule has 2 heteroatoms. The molecule has 0 aliphatic heterocycles. The van der Waals surface area contributed by atoms with Crippen LogP contribution in [0.2, 0.25) is 0 Å². The first kappa shape index (κ1) is 14.1. The zero-order valence-corrected chi connectivity index (χ0v) is 14.8. The van der Waals surface area contributed by atoms with Gasteiger partial charge in [-0.25, -0.2) is 0 Å². The number of fused-ring (bicyclic) bond motifs is 2. The molecular formula is C24H15NS. The lowest BCUT2D eigenvalue weighted by atomic mass is 10.1. The molecular weight excluding hydrogens is 334 g/mol. The van der Waals surface area contributed by atoms with Gasteiger partial charge in [0, 0.05) is 25.9 Å². The molecule has 0 aliphatic rings. The van der Waals surface area contributed by atoms with E-state index >= 15 is 0 Å². The molecule has 0 amide bonds. The average Bonchev–Trinajstić information content (AvgIpc) is 2.96. The zero-order valence-electron chi connectivity index (χ0n) is 14.0. The lowest BCUT2D eigenvalue weighted by Gasteiger charge is -2.07. The summed E-state index contributed by atoms with van der Waals surface area (Å²) in [6.07, 6.45) is 0. The van der Waals surface area contributed by atoms with Crippen LogP contribution in [0.5, 0.6) is 0 Å². The van der Waals surface area contributed by atoms with Gasteiger partial charge in [-0.1, -0.05) is 54.6 Å². The topological polar surface area (TPSA) is 4.93 Å². The number of aromatic nitrogens is 1. The van der Waals surface area contributed by atoms with Crippen LogP contribution in [-0.4, -0.2) is 4.57 Å². The Labute approximate surface area is 154 Å². The number of para-hydroxylation sites is 1. The van der Waals surface area contributed by atoms with E-state index in [2.05, 4.69) is 95.6 Å². The van der Waals surface area contributed by atoms with Crippen LogP contribution < -0.4 is 0 Å². The Balaban J connectivity index is 1.99. The second kappa shape index (κ2) is 5.20. The van der Waals surface area contributed by atoms with Crippen LogP contribution in [-0.2, 0) is 0 Å². The second-order valence-corrected chi connectivity index (χ2v) is 7.70. The summed E-state index contributed by atoms with van der Waals surface area (Å²) < 4.78 is 5.06. The summed E-state index contributed by atoms with van der Waals surface area (Å²) >= 11 is 1.88. The first-order valence-electron chi connectivity index (χ1n) is 8.81. The van der Waals surface area contributed by atoms with Gasteiger partial charge in [0.15, 0.2) is 0 Å². The molecule has 0 N–H and O–H groups in total. The van der Waals surface area contributed by atoms with E-state index in [0.29, 0.717) is 0 Å². The van der Waals surface area contributed by atoms with Crippen molar-refractivity contribution in [1.29, 1.82) is 0 Å². The van der Waals surface area contributed by atoms with Gasteiger partial charge in [0.05, 0.1) is 11.0 Å². The van der Waals surface area contributed by atoms with Crippen molar-refractivity contribution in [2.24, 2.45) is 0 Å². The Kier molecular flexibility index (Phi) is 2.82. The molecule has 26 heavy (non-hydrogen) atoms. The van der Waals surface area contributed by atoms with E-state index in [1.807, 2.05) is 11.3 Å². The van der Waals surface area contributed by atoms with Crippen molar-refractivity contribution in [2.75, 3.05) is 0 Å². The summed E-state index contributed by atoms with van der Waals surface area (Å²) in [4.78, 5) is 0. The van der Waals surface area contributed by atoms with Crippen molar-refractivity contribution < 1.29 is 0 Å². The van der Waals surface area contributed by atoms with Gasteiger partial charge in [-0.2, -0.15) is 0 Å². The number of benzene rings is 4. The zero-order chi connectivity index (χ0) is 17.1. The van der Waals surface area contributed by atoms with Gasteiger partial charge in [0.25, 0.3) is 0 Å². The molecule has 0 bridgehead atoms. The van der Waals surface area contributed by atoms with Crippen LogP contribution in [0, 0.1) is 0 Å². The summed E-state index contributed by atoms with van der Waals surface area (Å²) in [6, 6.07) is 32.8. The molecule has 4 aromatic carbocycles. The molecule has 0 atom stereocenters. The van der Waals surface area contributed by atoms with Crippen LogP contribution in [0.4, 0.5) is 0 Å². The minimum Gasteiger partial charge on any atom is -0.309 e. The number of rotatable bonds is 1. The van der Waals surface area contributed by atoms with Crippen LogP contribution >= 0.6 is 11.3 Å². The highest BCUT2D eigenvalue weighted by Gasteiger charge is 2.17. The smallest absolute Gasteiger partial charge is 0.0555 e. The maximum absolute atomic E-state index is 2.40. The lowest BCUT2D eigenvalue weighted by Crippen LogP contribution is -1.92. The van der Waals surface area contributed by atoms with Crippen molar-refractivity contribution in [1.82, 2.24) is 4.57 Å². The van der Waals surface area contributed by atoms with Crippen LogP contribution in [0.15, 0.2) is 91.0 Å². The SMILES string of the molecule is c1ccc(-n2c3cccc4sc5ccccc5c5cccc2c5c43)cc1. The number of hydrogen-bond acceptors (Lipinski definition) is 1. The standard InChI is InChI=1S/C24H15NS/c1-2-8-16(9-3-1)25-19-12-6-11-18-17-10-4-5-14-21(17)26-22-15-7-13-20(25)24(22)23(18)19/h1-15H. The maximum atomic E-state index is 2.40. The van der Waals surface area contributed by atoms with E-state index < -0.39 is 0 Å². The van der Waals surface area contributed by atoms with Crippen molar-refractivity contribution in [3.05, 3.63) is 91.0 Å². The van der Waals surface area contributed by atoms with Crippen molar-refractivity contribution in [3.8, 4) is 5.69 Å². The van der Waals surface area contributed by atoms with Gasteiger partial charge in [-0.15, -0.1) is 11.3 Å². The van der Waals surface area contributed by atoms with Gasteiger partial charge in [0.2, 0.25) is 0 Å². The molecule has 0 fully saturated rings. The molecule has 122 valence electrons. The quantitative estimate of drug-likeness (QED) is 0.297. The monoisotopic (exact) mass is 349 g/mol. The summed E-state index contributed by atoms with van der Waals surface area (Å²) in [5.41, 5.74) is 3.76. The summed E-state index contributed by atoms with van der Waals surface area (Å²) in [5.74, 6) is 0. The molecule has 2 aromatic heterocycles. The van der Waals surface area contributed by atoms with Gasteiger partial charge < -0.3 is 4.57 Å². The van der Waals surface area contributed by atoms with Gasteiger partial charge in [-0.3, -0.25) is 0 Å². The highest BCUT2D eigenvalue weighted by atomic mass is 32.1. The van der Waals surface area contributed by atoms with Gasteiger partial charge in [-0.05, 0) is 47.2 Å². The predicted octanol–water partition coefficient (Wildman–Crippen LogP) is 7.15. The van der Waals surface area contributed by atoms with Crippen molar-refractivity contribution in [3.63, 3.8) is 0 Å². The highest BCUT2D eigenvalue weighted by molar-refractivity contribution is 7.24. The first-order chi connectivity index (χ1) is 12.9. The molecule has 0 spiro atoms. The fraction of sp³-hybridized carbons (Fsp3) is 0. The van der Waals surface area contributed by atoms with E-state index in [-0.39, 0.29) is 0 Å². The molecule has 1 nitrogen and oxygen atoms in total. The van der Waals surface area contributed by atoms with E-state index in [4.69, 9.17) is 0 Å². The summed E-state index contributed by atoms with van der Waals surface area (Å²) in [7, 11) is 0. The summed E-state index contributed by atoms with van der Waals surface area (Å²) in [6.45, 7) is 0. The van der Waals surface area contributed by atoms with Gasteiger partial charge in [0.1, 0.15) is 0 Å². The Hall–Kier alpha value is -3.10. The third kappa shape index (κ3) is 1.80. The van der Waals surface area contributed by atoms with Crippen LogP contribution in [0.25, 0.3) is 47.7 Å². The minimum absolute atomic E-state index is 1.21. The van der Waals surface area contributed by atoms with E-state index in [1.54, 1.807) is 0 Å². The fourth-order valence-corrected chi connectivity index (χ4v) is 5.26. The second-order valence-electron chi connectivity index (χ2n) is 6.62. The maximum Gasteiger partial charge on any atom is 0.0555 e. The molecule has 0 radical (unpaired) electrons. The Morgan fingerprint density at radius 2 is 1.15 bits per heavy atom. The predicted molar refractivity (Wildman–Crippen MR) is 114 cm³/mol. The van der Waals surface area contributed by atoms with Crippen molar-refractivity contribution >= 4 is 53.3 Å². The molecule has 0 saturated carbocycles. The molecule has 6 aromatic rings. The van der Waals surface area contributed by atoms with Crippen molar-refractivity contribution in [2.45, 2.75) is 0 Å². The third-order valence-electron chi connectivity index (χ3n) is 5.19. The minimum atomic E-state index is 1.21. The van der Waals surface area contributed by atoms with Crippen LogP contribution in [0.1, 0.15) is 0 Å². The number of hydrogen-bond donors (Lipinski definition) is 0. The van der Waals surface area contributed by atoms with E-state index in [1.165, 1.54) is 47.7 Å². The third-order valence-corrected chi connectivity index (χ3v) is 6.33. The Morgan fingerprint density at radius 1 is 0.500 bits per heavy atom. The number of nitrogens with zero attached hydrogens (tertiary/aromatic N) is 1.